The quantitative estimate of drug-likeness (QED) is 0.834. The highest BCUT2D eigenvalue weighted by Gasteiger charge is 2.49. The van der Waals surface area contributed by atoms with E-state index < -0.39 is 6.29 Å². The zero-order valence-corrected chi connectivity index (χ0v) is 14.5. The van der Waals surface area contributed by atoms with E-state index in [2.05, 4.69) is 0 Å². The molecule has 0 aliphatic carbocycles. The van der Waals surface area contributed by atoms with Crippen molar-refractivity contribution in [2.75, 3.05) is 20.3 Å². The highest BCUT2D eigenvalue weighted by Crippen LogP contribution is 2.43. The number of rotatable bonds is 4. The van der Waals surface area contributed by atoms with E-state index in [1.54, 1.807) is 13.4 Å². The minimum atomic E-state index is -0.406. The van der Waals surface area contributed by atoms with Crippen molar-refractivity contribution in [2.24, 2.45) is 5.92 Å². The molecule has 2 saturated heterocycles. The van der Waals surface area contributed by atoms with E-state index in [0.717, 1.165) is 11.1 Å². The van der Waals surface area contributed by atoms with Crippen LogP contribution in [-0.2, 0) is 28.4 Å². The third-order valence-corrected chi connectivity index (χ3v) is 4.87. The molecule has 1 unspecified atom stereocenters. The summed E-state index contributed by atoms with van der Waals surface area (Å²) in [6, 6.07) is 9.93. The van der Waals surface area contributed by atoms with E-state index in [-0.39, 0.29) is 30.7 Å². The number of hydrogen-bond acceptors (Lipinski definition) is 6. The second-order valence-corrected chi connectivity index (χ2v) is 6.39. The topological polar surface area (TPSA) is 55.4 Å². The van der Waals surface area contributed by atoms with Crippen molar-refractivity contribution in [3.05, 3.63) is 47.7 Å². The standard InChI is InChI=1S/C19H24O6/c1-3-21-16-9-13-14(10-22-16)17-15(24-19(13)20-2)11-23-18(25-17)12-7-5-4-6-8-12/h4-8,10,13,15-19H,3,9,11H2,1-2H3/t13-,15+,16-,17-,18?,19-/m0/s1. The number of fused-ring (bicyclic) bond motifs is 3. The normalized spacial score (nSPS) is 37.4. The van der Waals surface area contributed by atoms with Gasteiger partial charge in [-0.25, -0.2) is 0 Å². The van der Waals surface area contributed by atoms with Gasteiger partial charge in [-0.1, -0.05) is 30.3 Å². The third kappa shape index (κ3) is 3.32. The van der Waals surface area contributed by atoms with Crippen LogP contribution in [0, 0.1) is 5.92 Å². The molecule has 3 aliphatic rings. The van der Waals surface area contributed by atoms with E-state index >= 15 is 0 Å². The molecule has 0 bridgehead atoms. The van der Waals surface area contributed by atoms with Gasteiger partial charge in [-0.2, -0.15) is 0 Å². The second-order valence-electron chi connectivity index (χ2n) is 6.39. The van der Waals surface area contributed by atoms with Gasteiger partial charge < -0.3 is 28.4 Å². The minimum Gasteiger partial charge on any atom is -0.472 e. The van der Waals surface area contributed by atoms with Crippen molar-refractivity contribution in [3.63, 3.8) is 0 Å². The van der Waals surface area contributed by atoms with Gasteiger partial charge in [-0.3, -0.25) is 0 Å². The fourth-order valence-corrected chi connectivity index (χ4v) is 3.69. The van der Waals surface area contributed by atoms with E-state index in [0.29, 0.717) is 19.6 Å². The monoisotopic (exact) mass is 348 g/mol. The van der Waals surface area contributed by atoms with Crippen LogP contribution in [0.15, 0.2) is 42.2 Å². The molecule has 6 atom stereocenters. The van der Waals surface area contributed by atoms with Gasteiger partial charge in [-0.05, 0) is 6.92 Å². The number of ether oxygens (including phenoxy) is 6. The Kier molecular flexibility index (Phi) is 5.05. The Morgan fingerprint density at radius 2 is 2.00 bits per heavy atom. The van der Waals surface area contributed by atoms with Crippen LogP contribution in [0.3, 0.4) is 0 Å². The molecule has 1 aromatic rings. The first-order valence-corrected chi connectivity index (χ1v) is 8.77. The molecule has 136 valence electrons. The molecule has 2 fully saturated rings. The summed E-state index contributed by atoms with van der Waals surface area (Å²) in [5.41, 5.74) is 2.05. The largest absolute Gasteiger partial charge is 0.472 e. The summed E-state index contributed by atoms with van der Waals surface area (Å²) in [5.74, 6) is 0.0473. The third-order valence-electron chi connectivity index (χ3n) is 4.87. The maximum Gasteiger partial charge on any atom is 0.199 e. The first-order chi connectivity index (χ1) is 12.3. The smallest absolute Gasteiger partial charge is 0.199 e. The Hall–Kier alpha value is -1.44. The number of hydrogen-bond donors (Lipinski definition) is 0. The van der Waals surface area contributed by atoms with Crippen LogP contribution < -0.4 is 0 Å². The fourth-order valence-electron chi connectivity index (χ4n) is 3.69. The van der Waals surface area contributed by atoms with Gasteiger partial charge in [0.25, 0.3) is 0 Å². The number of benzene rings is 1. The molecule has 0 saturated carbocycles. The predicted molar refractivity (Wildman–Crippen MR) is 88.4 cm³/mol. The molecule has 25 heavy (non-hydrogen) atoms. The Balaban J connectivity index is 1.56. The average molecular weight is 348 g/mol. The zero-order valence-electron chi connectivity index (χ0n) is 14.5. The molecule has 0 spiro atoms. The van der Waals surface area contributed by atoms with Gasteiger partial charge in [0.1, 0.15) is 12.2 Å². The van der Waals surface area contributed by atoms with E-state index in [1.807, 2.05) is 37.3 Å². The minimum absolute atomic E-state index is 0.0473. The van der Waals surface area contributed by atoms with Crippen molar-refractivity contribution in [2.45, 2.75) is 44.4 Å². The lowest BCUT2D eigenvalue weighted by Gasteiger charge is -2.48. The molecule has 6 nitrogen and oxygen atoms in total. The molecule has 1 aromatic carbocycles. The van der Waals surface area contributed by atoms with Crippen molar-refractivity contribution < 1.29 is 28.4 Å². The summed E-state index contributed by atoms with van der Waals surface area (Å²) in [6.45, 7) is 3.00. The van der Waals surface area contributed by atoms with Gasteiger partial charge in [-0.15, -0.1) is 0 Å². The predicted octanol–water partition coefficient (Wildman–Crippen LogP) is 2.75. The molecule has 0 radical (unpaired) electrons. The molecule has 0 aromatic heterocycles. The summed E-state index contributed by atoms with van der Waals surface area (Å²) in [6.07, 6.45) is 1.01. The molecular weight excluding hydrogens is 324 g/mol. The summed E-state index contributed by atoms with van der Waals surface area (Å²) < 4.78 is 35.1. The van der Waals surface area contributed by atoms with E-state index in [4.69, 9.17) is 28.4 Å². The molecule has 4 rings (SSSR count). The van der Waals surface area contributed by atoms with E-state index in [1.165, 1.54) is 0 Å². The first-order valence-electron chi connectivity index (χ1n) is 8.77. The lowest BCUT2D eigenvalue weighted by molar-refractivity contribution is -0.315. The molecule has 3 heterocycles. The average Bonchev–Trinajstić information content (AvgIpc) is 2.67. The van der Waals surface area contributed by atoms with Crippen molar-refractivity contribution in [3.8, 4) is 0 Å². The SMILES string of the molecule is CCO[C@@H]1C[C@H]2C(=CO1)[C@@H]1OC(c3ccccc3)OC[C@H]1O[C@@H]2OC. The van der Waals surface area contributed by atoms with Gasteiger partial charge in [0, 0.05) is 37.2 Å². The summed E-state index contributed by atoms with van der Waals surface area (Å²) in [5, 5.41) is 0. The maximum atomic E-state index is 6.24. The van der Waals surface area contributed by atoms with Gasteiger partial charge in [0.15, 0.2) is 18.9 Å². The van der Waals surface area contributed by atoms with Crippen molar-refractivity contribution in [1.29, 1.82) is 0 Å². The summed E-state index contributed by atoms with van der Waals surface area (Å²) >= 11 is 0. The van der Waals surface area contributed by atoms with Crippen LogP contribution in [0.25, 0.3) is 0 Å². The Labute approximate surface area is 147 Å². The highest BCUT2D eigenvalue weighted by atomic mass is 16.7. The molecule has 6 heteroatoms. The van der Waals surface area contributed by atoms with Crippen LogP contribution in [0.2, 0.25) is 0 Å². The van der Waals surface area contributed by atoms with Crippen LogP contribution in [0.1, 0.15) is 25.2 Å². The Morgan fingerprint density at radius 1 is 1.16 bits per heavy atom. The van der Waals surface area contributed by atoms with Crippen LogP contribution in [0.4, 0.5) is 0 Å². The molecular formula is C19H24O6. The van der Waals surface area contributed by atoms with Crippen molar-refractivity contribution >= 4 is 0 Å². The molecule has 0 N–H and O–H groups in total. The summed E-state index contributed by atoms with van der Waals surface area (Å²) in [4.78, 5) is 0. The lowest BCUT2D eigenvalue weighted by atomic mass is 9.84. The number of methoxy groups -OCH3 is 1. The van der Waals surface area contributed by atoms with Crippen molar-refractivity contribution in [1.82, 2.24) is 0 Å². The summed E-state index contributed by atoms with van der Waals surface area (Å²) in [7, 11) is 1.66. The van der Waals surface area contributed by atoms with Gasteiger partial charge >= 0.3 is 0 Å². The first kappa shape index (κ1) is 17.0. The van der Waals surface area contributed by atoms with Crippen LogP contribution in [0.5, 0.6) is 0 Å². The van der Waals surface area contributed by atoms with Crippen LogP contribution in [-0.4, -0.2) is 45.1 Å². The van der Waals surface area contributed by atoms with E-state index in [9.17, 15) is 0 Å². The zero-order chi connectivity index (χ0) is 17.2. The lowest BCUT2D eigenvalue weighted by Crippen LogP contribution is -2.54. The van der Waals surface area contributed by atoms with Gasteiger partial charge in [0.05, 0.1) is 12.9 Å². The highest BCUT2D eigenvalue weighted by molar-refractivity contribution is 5.21. The Morgan fingerprint density at radius 3 is 2.76 bits per heavy atom. The van der Waals surface area contributed by atoms with Gasteiger partial charge in [0.2, 0.25) is 0 Å². The Bertz CT molecular complexity index is 603. The maximum absolute atomic E-state index is 6.24. The van der Waals surface area contributed by atoms with Crippen LogP contribution >= 0.6 is 0 Å². The molecule has 0 amide bonds. The second kappa shape index (κ2) is 7.43. The molecule has 3 aliphatic heterocycles. The fraction of sp³-hybridized carbons (Fsp3) is 0.579.